The summed E-state index contributed by atoms with van der Waals surface area (Å²) in [7, 11) is 2.04. The molecule has 1 saturated carbocycles. The summed E-state index contributed by atoms with van der Waals surface area (Å²) in [5.41, 5.74) is 3.39. The van der Waals surface area contributed by atoms with E-state index in [1.54, 1.807) is 19.1 Å². The number of carbonyl (C=O) groups is 1. The largest absolute Gasteiger partial charge is 0.462 e. The molecule has 0 N–H and O–H groups in total. The van der Waals surface area contributed by atoms with Gasteiger partial charge in [0.1, 0.15) is 11.3 Å². The first-order valence-corrected chi connectivity index (χ1v) is 9.84. The number of para-hydroxylation sites is 1. The molecule has 29 heavy (non-hydrogen) atoms. The minimum absolute atomic E-state index is 0.337. The fourth-order valence-electron chi connectivity index (χ4n) is 3.53. The molecule has 4 aromatic rings. The normalized spacial score (nSPS) is 13.7. The lowest BCUT2D eigenvalue weighted by Crippen LogP contribution is -2.22. The third kappa shape index (κ3) is 3.20. The Labute approximate surface area is 168 Å². The smallest absolute Gasteiger partial charge is 0.338 e. The first-order valence-electron chi connectivity index (χ1n) is 9.84. The molecule has 6 heteroatoms. The molecule has 0 saturated heterocycles. The fourth-order valence-corrected chi connectivity index (χ4v) is 3.53. The van der Waals surface area contributed by atoms with Gasteiger partial charge in [0, 0.05) is 18.5 Å². The number of aromatic nitrogens is 2. The van der Waals surface area contributed by atoms with Gasteiger partial charge in [0.15, 0.2) is 11.6 Å². The molecule has 2 aromatic heterocycles. The van der Waals surface area contributed by atoms with Crippen molar-refractivity contribution < 1.29 is 13.9 Å². The van der Waals surface area contributed by atoms with Crippen LogP contribution in [0.2, 0.25) is 0 Å². The molecule has 0 radical (unpaired) electrons. The Morgan fingerprint density at radius 1 is 1.14 bits per heavy atom. The second-order valence-corrected chi connectivity index (χ2v) is 7.31. The summed E-state index contributed by atoms with van der Waals surface area (Å²) in [6.07, 6.45) is 2.28. The lowest BCUT2D eigenvalue weighted by atomic mass is 10.1. The Morgan fingerprint density at radius 2 is 1.97 bits per heavy atom. The molecule has 0 amide bonds. The first kappa shape index (κ1) is 17.7. The third-order valence-electron chi connectivity index (χ3n) is 5.24. The van der Waals surface area contributed by atoms with Gasteiger partial charge in [-0.15, -0.1) is 0 Å². The molecule has 2 heterocycles. The van der Waals surface area contributed by atoms with Crippen LogP contribution in [0.3, 0.4) is 0 Å². The van der Waals surface area contributed by atoms with Gasteiger partial charge in [-0.1, -0.05) is 18.2 Å². The zero-order chi connectivity index (χ0) is 20.0. The number of hydrogen-bond donors (Lipinski definition) is 0. The Bertz CT molecular complexity index is 1190. The van der Waals surface area contributed by atoms with E-state index in [0.717, 1.165) is 29.6 Å². The summed E-state index contributed by atoms with van der Waals surface area (Å²) < 4.78 is 11.2. The Balaban J connectivity index is 1.68. The minimum atomic E-state index is -0.352. The zero-order valence-electron chi connectivity index (χ0n) is 16.4. The lowest BCUT2D eigenvalue weighted by molar-refractivity contribution is 0.0526. The zero-order valence-corrected chi connectivity index (χ0v) is 16.4. The van der Waals surface area contributed by atoms with Crippen molar-refractivity contribution >= 4 is 33.8 Å². The third-order valence-corrected chi connectivity index (χ3v) is 5.24. The van der Waals surface area contributed by atoms with Crippen LogP contribution in [-0.2, 0) is 4.74 Å². The maximum absolute atomic E-state index is 12.1. The number of anilines is 1. The highest BCUT2D eigenvalue weighted by atomic mass is 16.5. The van der Waals surface area contributed by atoms with Gasteiger partial charge in [-0.05, 0) is 50.1 Å². The standard InChI is InChI=1S/C23H21N3O3/c1-3-28-23(27)15-8-11-17-18(12-15)25-22(26(2)16-9-10-16)21(24-17)20-13-14-6-4-5-7-19(14)29-20/h4-8,11-13,16H,3,9-10H2,1-2H3. The number of carbonyl (C=O) groups excluding carboxylic acids is 1. The first-order chi connectivity index (χ1) is 14.1. The number of nitrogens with zero attached hydrogens (tertiary/aromatic N) is 3. The quantitative estimate of drug-likeness (QED) is 0.458. The van der Waals surface area contributed by atoms with E-state index in [1.165, 1.54) is 0 Å². The van der Waals surface area contributed by atoms with Gasteiger partial charge >= 0.3 is 5.97 Å². The number of ether oxygens (including phenoxy) is 1. The maximum Gasteiger partial charge on any atom is 0.338 e. The van der Waals surface area contributed by atoms with E-state index in [0.29, 0.717) is 40.7 Å². The average Bonchev–Trinajstić information content (AvgIpc) is 3.50. The molecule has 0 bridgehead atoms. The van der Waals surface area contributed by atoms with Crippen molar-refractivity contribution in [3.63, 3.8) is 0 Å². The van der Waals surface area contributed by atoms with Gasteiger partial charge in [-0.25, -0.2) is 14.8 Å². The van der Waals surface area contributed by atoms with Crippen molar-refractivity contribution in [3.05, 3.63) is 54.1 Å². The summed E-state index contributed by atoms with van der Waals surface area (Å²) in [5, 5.41) is 1.03. The number of rotatable bonds is 5. The second-order valence-electron chi connectivity index (χ2n) is 7.31. The molecule has 1 aliphatic carbocycles. The van der Waals surface area contributed by atoms with E-state index in [-0.39, 0.29) is 5.97 Å². The molecule has 2 aromatic carbocycles. The van der Waals surface area contributed by atoms with Crippen LogP contribution in [0.4, 0.5) is 5.82 Å². The number of fused-ring (bicyclic) bond motifs is 2. The highest BCUT2D eigenvalue weighted by molar-refractivity contribution is 5.95. The van der Waals surface area contributed by atoms with E-state index in [1.807, 2.05) is 43.4 Å². The summed E-state index contributed by atoms with van der Waals surface area (Å²) in [6.45, 7) is 2.13. The highest BCUT2D eigenvalue weighted by Gasteiger charge is 2.30. The topological polar surface area (TPSA) is 68.5 Å². The summed E-state index contributed by atoms with van der Waals surface area (Å²) in [6, 6.07) is 15.6. The molecule has 0 aliphatic heterocycles. The van der Waals surface area contributed by atoms with E-state index in [9.17, 15) is 4.79 Å². The summed E-state index contributed by atoms with van der Waals surface area (Å²) in [4.78, 5) is 24.0. The van der Waals surface area contributed by atoms with E-state index in [4.69, 9.17) is 19.1 Å². The van der Waals surface area contributed by atoms with Crippen molar-refractivity contribution in [1.29, 1.82) is 0 Å². The molecular weight excluding hydrogens is 366 g/mol. The van der Waals surface area contributed by atoms with Crippen LogP contribution in [0.15, 0.2) is 52.9 Å². The molecule has 0 unspecified atom stereocenters. The SMILES string of the molecule is CCOC(=O)c1ccc2nc(-c3cc4ccccc4o3)c(N(C)C3CC3)nc2c1. The van der Waals surface area contributed by atoms with Crippen molar-refractivity contribution in [1.82, 2.24) is 9.97 Å². The van der Waals surface area contributed by atoms with Gasteiger partial charge in [-0.3, -0.25) is 0 Å². The number of furan rings is 1. The van der Waals surface area contributed by atoms with E-state index >= 15 is 0 Å². The van der Waals surface area contributed by atoms with Crippen LogP contribution in [0.5, 0.6) is 0 Å². The van der Waals surface area contributed by atoms with Gasteiger partial charge in [-0.2, -0.15) is 0 Å². The van der Waals surface area contributed by atoms with Crippen LogP contribution in [0.25, 0.3) is 33.5 Å². The van der Waals surface area contributed by atoms with Crippen molar-refractivity contribution in [2.75, 3.05) is 18.6 Å². The molecule has 146 valence electrons. The molecular formula is C23H21N3O3. The van der Waals surface area contributed by atoms with Crippen molar-refractivity contribution in [2.45, 2.75) is 25.8 Å². The van der Waals surface area contributed by atoms with Crippen LogP contribution < -0.4 is 4.90 Å². The predicted molar refractivity (Wildman–Crippen MR) is 112 cm³/mol. The van der Waals surface area contributed by atoms with Gasteiger partial charge < -0.3 is 14.1 Å². The molecule has 6 nitrogen and oxygen atoms in total. The lowest BCUT2D eigenvalue weighted by Gasteiger charge is -2.20. The summed E-state index contributed by atoms with van der Waals surface area (Å²) >= 11 is 0. The van der Waals surface area contributed by atoms with Crippen molar-refractivity contribution in [3.8, 4) is 11.5 Å². The number of hydrogen-bond acceptors (Lipinski definition) is 6. The Kier molecular flexibility index (Phi) is 4.19. The monoisotopic (exact) mass is 387 g/mol. The average molecular weight is 387 g/mol. The Morgan fingerprint density at radius 3 is 2.72 bits per heavy atom. The van der Waals surface area contributed by atoms with Crippen LogP contribution in [0, 0.1) is 0 Å². The van der Waals surface area contributed by atoms with E-state index in [2.05, 4.69) is 4.90 Å². The molecule has 0 spiro atoms. The second kappa shape index (κ2) is 6.88. The van der Waals surface area contributed by atoms with Crippen LogP contribution in [0.1, 0.15) is 30.1 Å². The maximum atomic E-state index is 12.1. The van der Waals surface area contributed by atoms with Gasteiger partial charge in [0.05, 0.1) is 23.2 Å². The minimum Gasteiger partial charge on any atom is -0.462 e. The van der Waals surface area contributed by atoms with Gasteiger partial charge in [0.2, 0.25) is 0 Å². The molecule has 1 aliphatic rings. The van der Waals surface area contributed by atoms with E-state index < -0.39 is 0 Å². The molecule has 5 rings (SSSR count). The molecule has 0 atom stereocenters. The summed E-state index contributed by atoms with van der Waals surface area (Å²) in [5.74, 6) is 1.10. The number of esters is 1. The molecule has 1 fully saturated rings. The van der Waals surface area contributed by atoms with Crippen LogP contribution >= 0.6 is 0 Å². The predicted octanol–water partition coefficient (Wildman–Crippen LogP) is 4.82. The van der Waals surface area contributed by atoms with Gasteiger partial charge in [0.25, 0.3) is 0 Å². The highest BCUT2D eigenvalue weighted by Crippen LogP contribution is 2.37. The Hall–Kier alpha value is -3.41. The van der Waals surface area contributed by atoms with Crippen molar-refractivity contribution in [2.24, 2.45) is 0 Å². The number of benzene rings is 2. The van der Waals surface area contributed by atoms with Crippen LogP contribution in [-0.4, -0.2) is 35.6 Å². The fraction of sp³-hybridized carbons (Fsp3) is 0.261.